The number of hydrogen-bond donors (Lipinski definition) is 3. The van der Waals surface area contributed by atoms with Crippen molar-refractivity contribution in [3.05, 3.63) is 70.8 Å². The minimum Gasteiger partial charge on any atom is -0.386 e. The summed E-state index contributed by atoms with van der Waals surface area (Å²) in [7, 11) is 0. The molecular formula is C27H31N5O4. The minimum absolute atomic E-state index is 0.0118. The Balaban J connectivity index is 1.57. The van der Waals surface area contributed by atoms with Gasteiger partial charge in [-0.15, -0.1) is 0 Å². The molecule has 1 saturated heterocycles. The van der Waals surface area contributed by atoms with Gasteiger partial charge in [0.05, 0.1) is 28.6 Å². The largest absolute Gasteiger partial charge is 0.386 e. The average Bonchev–Trinajstić information content (AvgIpc) is 3.21. The monoisotopic (exact) mass is 489 g/mol. The second kappa shape index (κ2) is 8.83. The molecular weight excluding hydrogens is 458 g/mol. The normalized spacial score (nSPS) is 25.7. The Morgan fingerprint density at radius 3 is 2.42 bits per heavy atom. The Bertz CT molecular complexity index is 1380. The number of fused-ring (bicyclic) bond motifs is 2. The highest BCUT2D eigenvalue weighted by Crippen LogP contribution is 2.35. The predicted octanol–water partition coefficient (Wildman–Crippen LogP) is 2.26. The molecule has 3 aromatic rings. The average molecular weight is 490 g/mol. The fraction of sp³-hybridized carbons (Fsp3) is 0.407. The van der Waals surface area contributed by atoms with Gasteiger partial charge in [0.15, 0.2) is 0 Å². The molecule has 36 heavy (non-hydrogen) atoms. The van der Waals surface area contributed by atoms with Crippen molar-refractivity contribution >= 4 is 28.4 Å². The van der Waals surface area contributed by atoms with Crippen molar-refractivity contribution in [1.82, 2.24) is 20.2 Å². The summed E-state index contributed by atoms with van der Waals surface area (Å²) in [5.41, 5.74) is -0.690. The number of benzene rings is 2. The van der Waals surface area contributed by atoms with Crippen molar-refractivity contribution in [2.75, 3.05) is 4.90 Å². The summed E-state index contributed by atoms with van der Waals surface area (Å²) in [6, 6.07) is 14.2. The van der Waals surface area contributed by atoms with E-state index < -0.39 is 29.9 Å². The van der Waals surface area contributed by atoms with E-state index in [1.54, 1.807) is 36.9 Å². The molecule has 9 heteroatoms. The van der Waals surface area contributed by atoms with Crippen LogP contribution in [0.25, 0.3) is 10.9 Å². The van der Waals surface area contributed by atoms with Gasteiger partial charge in [-0.05, 0) is 44.0 Å². The van der Waals surface area contributed by atoms with Gasteiger partial charge in [0.2, 0.25) is 11.8 Å². The molecule has 2 aromatic carbocycles. The highest BCUT2D eigenvalue weighted by molar-refractivity contribution is 6.00. The number of para-hydroxylation sites is 2. The maximum absolute atomic E-state index is 13.5. The third-order valence-electron chi connectivity index (χ3n) is 7.19. The van der Waals surface area contributed by atoms with E-state index in [9.17, 15) is 19.5 Å². The molecule has 5 rings (SSSR count). The van der Waals surface area contributed by atoms with Gasteiger partial charge >= 0.3 is 0 Å². The summed E-state index contributed by atoms with van der Waals surface area (Å²) in [6.07, 6.45) is -0.906. The maximum Gasteiger partial charge on any atom is 0.262 e. The van der Waals surface area contributed by atoms with Crippen molar-refractivity contribution in [2.24, 2.45) is 5.92 Å². The lowest BCUT2D eigenvalue weighted by atomic mass is 9.90. The van der Waals surface area contributed by atoms with Crippen LogP contribution in [-0.4, -0.2) is 44.3 Å². The van der Waals surface area contributed by atoms with Crippen LogP contribution in [0.15, 0.2) is 59.4 Å². The second-order valence-electron chi connectivity index (χ2n) is 10.3. The number of hydrogen-bond acceptors (Lipinski definition) is 6. The summed E-state index contributed by atoms with van der Waals surface area (Å²) in [4.78, 5) is 46.4. The molecule has 1 fully saturated rings. The van der Waals surface area contributed by atoms with Crippen LogP contribution in [0, 0.1) is 5.92 Å². The number of carbonyl (C=O) groups excluding carboxylic acids is 2. The number of nitrogens with one attached hydrogen (secondary N) is 2. The van der Waals surface area contributed by atoms with E-state index in [2.05, 4.69) is 15.6 Å². The summed E-state index contributed by atoms with van der Waals surface area (Å²) < 4.78 is 1.41. The Kier molecular flexibility index (Phi) is 5.92. The fourth-order valence-electron chi connectivity index (χ4n) is 5.34. The molecule has 3 heterocycles. The molecule has 1 aromatic heterocycles. The number of rotatable bonds is 5. The molecule has 5 atom stereocenters. The fourth-order valence-corrected chi connectivity index (χ4v) is 5.34. The van der Waals surface area contributed by atoms with Gasteiger partial charge in [-0.3, -0.25) is 29.2 Å². The Morgan fingerprint density at radius 1 is 1.06 bits per heavy atom. The van der Waals surface area contributed by atoms with Gasteiger partial charge in [0, 0.05) is 12.1 Å². The van der Waals surface area contributed by atoms with Crippen molar-refractivity contribution < 1.29 is 14.7 Å². The van der Waals surface area contributed by atoms with Crippen LogP contribution < -0.4 is 21.1 Å². The number of amides is 2. The van der Waals surface area contributed by atoms with Crippen molar-refractivity contribution in [2.45, 2.75) is 64.0 Å². The molecule has 0 aliphatic carbocycles. The van der Waals surface area contributed by atoms with Crippen LogP contribution in [0.5, 0.6) is 0 Å². The van der Waals surface area contributed by atoms with Gasteiger partial charge in [0.25, 0.3) is 5.56 Å². The first-order chi connectivity index (χ1) is 17.1. The zero-order valence-corrected chi connectivity index (χ0v) is 20.8. The number of aliphatic hydroxyl groups is 1. The van der Waals surface area contributed by atoms with E-state index in [-0.39, 0.29) is 29.7 Å². The van der Waals surface area contributed by atoms with Crippen LogP contribution in [0.2, 0.25) is 0 Å². The van der Waals surface area contributed by atoms with Gasteiger partial charge in [0.1, 0.15) is 18.0 Å². The molecule has 2 aliphatic heterocycles. The molecule has 0 bridgehead atoms. The minimum atomic E-state index is -1.57. The summed E-state index contributed by atoms with van der Waals surface area (Å²) in [6.45, 7) is 7.26. The highest BCUT2D eigenvalue weighted by atomic mass is 16.3. The third-order valence-corrected chi connectivity index (χ3v) is 7.19. The number of aromatic nitrogens is 2. The van der Waals surface area contributed by atoms with E-state index in [0.29, 0.717) is 22.4 Å². The summed E-state index contributed by atoms with van der Waals surface area (Å²) in [5.74, 6) is -0.0874. The van der Waals surface area contributed by atoms with Crippen molar-refractivity contribution in [3.8, 4) is 0 Å². The zero-order chi connectivity index (χ0) is 25.8. The molecule has 0 spiro atoms. The number of anilines is 1. The molecule has 5 unspecified atom stereocenters. The third kappa shape index (κ3) is 3.88. The van der Waals surface area contributed by atoms with Gasteiger partial charge in [-0.25, -0.2) is 4.98 Å². The van der Waals surface area contributed by atoms with E-state index in [4.69, 9.17) is 0 Å². The quantitative estimate of drug-likeness (QED) is 0.506. The lowest BCUT2D eigenvalue weighted by Crippen LogP contribution is -2.58. The predicted molar refractivity (Wildman–Crippen MR) is 136 cm³/mol. The van der Waals surface area contributed by atoms with E-state index in [1.165, 1.54) is 4.57 Å². The van der Waals surface area contributed by atoms with Gasteiger partial charge in [-0.1, -0.05) is 44.2 Å². The maximum atomic E-state index is 13.5. The van der Waals surface area contributed by atoms with Gasteiger partial charge < -0.3 is 10.4 Å². The van der Waals surface area contributed by atoms with Crippen LogP contribution in [0.3, 0.4) is 0 Å². The topological polar surface area (TPSA) is 117 Å². The number of nitrogens with zero attached hydrogens (tertiary/aromatic N) is 3. The van der Waals surface area contributed by atoms with Crippen molar-refractivity contribution in [1.29, 1.82) is 0 Å². The molecule has 9 nitrogen and oxygen atoms in total. The summed E-state index contributed by atoms with van der Waals surface area (Å²) in [5, 5.41) is 18.5. The smallest absolute Gasteiger partial charge is 0.262 e. The molecule has 0 radical (unpaired) electrons. The van der Waals surface area contributed by atoms with Gasteiger partial charge in [-0.2, -0.15) is 0 Å². The standard InChI is InChI=1S/C27H31N5O4/c1-15(2)21-25(35)31(17-10-6-5-7-11-17)26(30-21)27(4,36)14-20-23(33)28-16(3)22-29-19-13-9-8-12-18(19)24(34)32(20)22/h5-13,15-16,20-21,26,30,36H,14H2,1-4H3,(H,28,33). The Hall–Kier alpha value is -3.56. The molecule has 2 amide bonds. The lowest BCUT2D eigenvalue weighted by Gasteiger charge is -2.40. The van der Waals surface area contributed by atoms with Crippen LogP contribution in [0.4, 0.5) is 5.69 Å². The first-order valence-corrected chi connectivity index (χ1v) is 12.3. The molecule has 188 valence electrons. The van der Waals surface area contributed by atoms with Crippen LogP contribution >= 0.6 is 0 Å². The van der Waals surface area contributed by atoms with Crippen LogP contribution in [-0.2, 0) is 9.59 Å². The van der Waals surface area contributed by atoms with E-state index in [1.807, 2.05) is 50.2 Å². The second-order valence-corrected chi connectivity index (χ2v) is 10.3. The van der Waals surface area contributed by atoms with Crippen molar-refractivity contribution in [3.63, 3.8) is 0 Å². The molecule has 0 saturated carbocycles. The Labute approximate surface area is 209 Å². The van der Waals surface area contributed by atoms with E-state index in [0.717, 1.165) is 0 Å². The molecule has 3 N–H and O–H groups in total. The number of carbonyl (C=O) groups is 2. The lowest BCUT2D eigenvalue weighted by molar-refractivity contribution is -0.129. The van der Waals surface area contributed by atoms with Crippen LogP contribution in [0.1, 0.15) is 52.0 Å². The molecule has 2 aliphatic rings. The SMILES string of the molecule is CC1NC(=O)C(CC(C)(O)C2NC(C(C)C)C(=O)N2c2ccccc2)n2c1nc1ccccc1c2=O. The first-order valence-electron chi connectivity index (χ1n) is 12.3. The summed E-state index contributed by atoms with van der Waals surface area (Å²) >= 11 is 0. The highest BCUT2D eigenvalue weighted by Gasteiger charge is 2.51. The van der Waals surface area contributed by atoms with E-state index >= 15 is 0 Å². The Morgan fingerprint density at radius 2 is 1.72 bits per heavy atom. The first kappa shape index (κ1) is 24.1. The zero-order valence-electron chi connectivity index (χ0n) is 20.8.